The highest BCUT2D eigenvalue weighted by Gasteiger charge is 2.27. The van der Waals surface area contributed by atoms with Crippen LogP contribution in [-0.2, 0) is 13.1 Å². The van der Waals surface area contributed by atoms with Crippen LogP contribution < -0.4 is 5.56 Å². The topological polar surface area (TPSA) is 63.9 Å². The Balaban J connectivity index is 1.53. The first-order valence-electron chi connectivity index (χ1n) is 7.15. The zero-order valence-electron chi connectivity index (χ0n) is 12.4. The van der Waals surface area contributed by atoms with Gasteiger partial charge in [0.05, 0.1) is 23.6 Å². The van der Waals surface area contributed by atoms with Crippen LogP contribution in [0.4, 0.5) is 0 Å². The summed E-state index contributed by atoms with van der Waals surface area (Å²) in [6, 6.07) is 3.34. The fourth-order valence-corrected chi connectivity index (χ4v) is 2.58. The molecule has 0 aromatic carbocycles. The van der Waals surface area contributed by atoms with Gasteiger partial charge < -0.3 is 0 Å². The van der Waals surface area contributed by atoms with Crippen molar-refractivity contribution in [2.45, 2.75) is 26.9 Å². The molecular formula is C15H19N5O. The highest BCUT2D eigenvalue weighted by atomic mass is 16.1. The summed E-state index contributed by atoms with van der Waals surface area (Å²) in [6.45, 7) is 7.29. The molecule has 0 spiro atoms. The quantitative estimate of drug-likeness (QED) is 0.830. The number of hydrogen-bond donors (Lipinski definition) is 0. The molecule has 2 aromatic heterocycles. The van der Waals surface area contributed by atoms with E-state index >= 15 is 0 Å². The Labute approximate surface area is 123 Å². The van der Waals surface area contributed by atoms with Crippen LogP contribution >= 0.6 is 0 Å². The Kier molecular flexibility index (Phi) is 3.79. The second kappa shape index (κ2) is 5.73. The van der Waals surface area contributed by atoms with E-state index in [4.69, 9.17) is 0 Å². The first-order chi connectivity index (χ1) is 10.1. The van der Waals surface area contributed by atoms with Gasteiger partial charge >= 0.3 is 0 Å². The summed E-state index contributed by atoms with van der Waals surface area (Å²) < 4.78 is 1.57. The predicted octanol–water partition coefficient (Wildman–Crippen LogP) is 0.782. The number of rotatable bonds is 4. The summed E-state index contributed by atoms with van der Waals surface area (Å²) in [7, 11) is 0. The number of hydrogen-bond acceptors (Lipinski definition) is 5. The van der Waals surface area contributed by atoms with E-state index in [1.807, 2.05) is 20.0 Å². The van der Waals surface area contributed by atoms with Crippen LogP contribution in [-0.4, -0.2) is 37.7 Å². The molecule has 0 amide bonds. The van der Waals surface area contributed by atoms with Crippen LogP contribution in [0, 0.1) is 19.8 Å². The molecule has 0 N–H and O–H groups in total. The van der Waals surface area contributed by atoms with Crippen molar-refractivity contribution in [1.82, 2.24) is 24.6 Å². The van der Waals surface area contributed by atoms with Crippen LogP contribution in [0.2, 0.25) is 0 Å². The Morgan fingerprint density at radius 1 is 1.14 bits per heavy atom. The third kappa shape index (κ3) is 3.33. The average Bonchev–Trinajstić information content (AvgIpc) is 2.42. The van der Waals surface area contributed by atoms with Crippen molar-refractivity contribution in [3.63, 3.8) is 0 Å². The number of nitrogens with zero attached hydrogens (tertiary/aromatic N) is 5. The molecule has 3 rings (SSSR count). The summed E-state index contributed by atoms with van der Waals surface area (Å²) in [5.41, 5.74) is 2.78. The third-order valence-corrected chi connectivity index (χ3v) is 3.68. The van der Waals surface area contributed by atoms with Gasteiger partial charge in [0.1, 0.15) is 0 Å². The molecule has 1 aliphatic heterocycles. The van der Waals surface area contributed by atoms with Gasteiger partial charge in [-0.3, -0.25) is 19.7 Å². The molecule has 21 heavy (non-hydrogen) atoms. The largest absolute Gasteiger partial charge is 0.297 e. The molecule has 0 saturated carbocycles. The van der Waals surface area contributed by atoms with Gasteiger partial charge in [0.25, 0.3) is 5.56 Å². The first kappa shape index (κ1) is 13.9. The summed E-state index contributed by atoms with van der Waals surface area (Å²) in [6.07, 6.45) is 3.62. The molecule has 1 aliphatic rings. The van der Waals surface area contributed by atoms with E-state index in [0.29, 0.717) is 12.5 Å². The van der Waals surface area contributed by atoms with Gasteiger partial charge in [0.15, 0.2) is 0 Å². The van der Waals surface area contributed by atoms with Crippen LogP contribution in [0.15, 0.2) is 29.3 Å². The molecule has 1 saturated heterocycles. The van der Waals surface area contributed by atoms with E-state index in [0.717, 1.165) is 36.7 Å². The van der Waals surface area contributed by atoms with Crippen LogP contribution in [0.1, 0.15) is 17.1 Å². The Morgan fingerprint density at radius 3 is 2.67 bits per heavy atom. The lowest BCUT2D eigenvalue weighted by Gasteiger charge is -2.38. The summed E-state index contributed by atoms with van der Waals surface area (Å²) in [5, 5.41) is 4.28. The molecule has 0 bridgehead atoms. The molecule has 0 unspecified atom stereocenters. The molecule has 6 heteroatoms. The van der Waals surface area contributed by atoms with Gasteiger partial charge in [0, 0.05) is 44.0 Å². The third-order valence-electron chi connectivity index (χ3n) is 3.68. The maximum Gasteiger partial charge on any atom is 0.266 e. The van der Waals surface area contributed by atoms with Crippen LogP contribution in [0.25, 0.3) is 0 Å². The Morgan fingerprint density at radius 2 is 1.95 bits per heavy atom. The van der Waals surface area contributed by atoms with Crippen LogP contribution in [0.3, 0.4) is 0 Å². The molecule has 3 heterocycles. The second-order valence-electron chi connectivity index (χ2n) is 5.70. The van der Waals surface area contributed by atoms with E-state index in [2.05, 4.69) is 20.0 Å². The SMILES string of the molecule is Cc1cnc(CN2CC(Cn3nc(C)ccc3=O)C2)cn1. The van der Waals surface area contributed by atoms with E-state index in [1.54, 1.807) is 23.0 Å². The second-order valence-corrected chi connectivity index (χ2v) is 5.70. The average molecular weight is 285 g/mol. The molecule has 6 nitrogen and oxygen atoms in total. The van der Waals surface area contributed by atoms with Crippen molar-refractivity contribution in [2.24, 2.45) is 5.92 Å². The van der Waals surface area contributed by atoms with Gasteiger partial charge in [-0.15, -0.1) is 0 Å². The van der Waals surface area contributed by atoms with Crippen LogP contribution in [0.5, 0.6) is 0 Å². The highest BCUT2D eigenvalue weighted by molar-refractivity contribution is 5.02. The van der Waals surface area contributed by atoms with E-state index in [9.17, 15) is 4.79 Å². The number of likely N-dealkylation sites (tertiary alicyclic amines) is 1. The summed E-state index contributed by atoms with van der Waals surface area (Å²) in [4.78, 5) is 22.6. The van der Waals surface area contributed by atoms with Crippen molar-refractivity contribution in [2.75, 3.05) is 13.1 Å². The zero-order valence-corrected chi connectivity index (χ0v) is 12.4. The maximum atomic E-state index is 11.7. The molecule has 1 fully saturated rings. The van der Waals surface area contributed by atoms with E-state index < -0.39 is 0 Å². The fourth-order valence-electron chi connectivity index (χ4n) is 2.58. The van der Waals surface area contributed by atoms with Gasteiger partial charge in [0.2, 0.25) is 0 Å². The van der Waals surface area contributed by atoms with Gasteiger partial charge in [-0.25, -0.2) is 4.68 Å². The fraction of sp³-hybridized carbons (Fsp3) is 0.467. The standard InChI is InChI=1S/C15H19N5O/c1-11-3-4-15(21)20(18-11)9-13-7-19(8-13)10-14-6-16-12(2)5-17-14/h3-6,13H,7-10H2,1-2H3. The Hall–Kier alpha value is -2.08. The minimum Gasteiger partial charge on any atom is -0.297 e. The van der Waals surface area contributed by atoms with Crippen molar-refractivity contribution in [1.29, 1.82) is 0 Å². The minimum atomic E-state index is -0.0246. The molecule has 0 atom stereocenters. The smallest absolute Gasteiger partial charge is 0.266 e. The van der Waals surface area contributed by atoms with Crippen molar-refractivity contribution >= 4 is 0 Å². The van der Waals surface area contributed by atoms with Gasteiger partial charge in [-0.2, -0.15) is 5.10 Å². The maximum absolute atomic E-state index is 11.7. The molecule has 2 aromatic rings. The lowest BCUT2D eigenvalue weighted by Crippen LogP contribution is -2.49. The Bertz CT molecular complexity index is 673. The van der Waals surface area contributed by atoms with E-state index in [-0.39, 0.29) is 5.56 Å². The minimum absolute atomic E-state index is 0.0246. The summed E-state index contributed by atoms with van der Waals surface area (Å²) in [5.74, 6) is 0.482. The van der Waals surface area contributed by atoms with Crippen molar-refractivity contribution in [3.05, 3.63) is 52.0 Å². The van der Waals surface area contributed by atoms with Gasteiger partial charge in [-0.1, -0.05) is 0 Å². The zero-order chi connectivity index (χ0) is 14.8. The lowest BCUT2D eigenvalue weighted by atomic mass is 10.00. The predicted molar refractivity (Wildman–Crippen MR) is 78.8 cm³/mol. The molecule has 110 valence electrons. The summed E-state index contributed by atoms with van der Waals surface area (Å²) >= 11 is 0. The normalized spacial score (nSPS) is 15.9. The van der Waals surface area contributed by atoms with Crippen molar-refractivity contribution in [3.8, 4) is 0 Å². The van der Waals surface area contributed by atoms with Crippen molar-refractivity contribution < 1.29 is 0 Å². The monoisotopic (exact) mass is 285 g/mol. The molecule has 0 radical (unpaired) electrons. The van der Waals surface area contributed by atoms with E-state index in [1.165, 1.54) is 0 Å². The van der Waals surface area contributed by atoms with Gasteiger partial charge in [-0.05, 0) is 19.9 Å². The lowest BCUT2D eigenvalue weighted by molar-refractivity contribution is 0.0752. The molecule has 0 aliphatic carbocycles. The number of aromatic nitrogens is 4. The number of aryl methyl sites for hydroxylation is 2. The highest BCUT2D eigenvalue weighted by Crippen LogP contribution is 2.18. The molecular weight excluding hydrogens is 266 g/mol. The first-order valence-corrected chi connectivity index (χ1v) is 7.15.